The van der Waals surface area contributed by atoms with E-state index in [0.717, 1.165) is 23.8 Å². The quantitative estimate of drug-likeness (QED) is 0.791. The molecule has 86 valence electrons. The predicted octanol–water partition coefficient (Wildman–Crippen LogP) is 4.06. The van der Waals surface area contributed by atoms with Crippen LogP contribution in [-0.2, 0) is 6.42 Å². The van der Waals surface area contributed by atoms with Gasteiger partial charge in [0, 0.05) is 10.9 Å². The summed E-state index contributed by atoms with van der Waals surface area (Å²) in [7, 11) is 0. The summed E-state index contributed by atoms with van der Waals surface area (Å²) in [5.74, 6) is 1.38. The van der Waals surface area contributed by atoms with Gasteiger partial charge in [-0.25, -0.2) is 0 Å². The summed E-state index contributed by atoms with van der Waals surface area (Å²) in [6.45, 7) is 0.733. The fraction of sp³-hybridized carbons (Fsp3) is 0.200. The van der Waals surface area contributed by atoms with E-state index in [1.165, 1.54) is 11.1 Å². The lowest BCUT2D eigenvalue weighted by Crippen LogP contribution is -2.23. The molecule has 1 unspecified atom stereocenters. The largest absolute Gasteiger partial charge is 0.493 e. The maximum absolute atomic E-state index is 5.91. The number of rotatable bonds is 3. The molecule has 2 heteroatoms. The molecule has 17 heavy (non-hydrogen) atoms. The molecule has 0 spiro atoms. The van der Waals surface area contributed by atoms with E-state index in [2.05, 4.69) is 24.3 Å². The van der Waals surface area contributed by atoms with E-state index >= 15 is 0 Å². The highest BCUT2D eigenvalue weighted by Crippen LogP contribution is 2.35. The molecule has 0 aliphatic heterocycles. The summed E-state index contributed by atoms with van der Waals surface area (Å²) in [4.78, 5) is 0. The molecule has 0 heterocycles. The zero-order valence-corrected chi connectivity index (χ0v) is 10.2. The zero-order chi connectivity index (χ0) is 11.7. The van der Waals surface area contributed by atoms with Crippen LogP contribution in [0.3, 0.4) is 0 Å². The molecule has 0 saturated heterocycles. The van der Waals surface area contributed by atoms with Gasteiger partial charge in [-0.2, -0.15) is 0 Å². The van der Waals surface area contributed by atoms with Crippen molar-refractivity contribution in [2.24, 2.45) is 0 Å². The fourth-order valence-electron chi connectivity index (χ4n) is 2.26. The van der Waals surface area contributed by atoms with E-state index in [4.69, 9.17) is 16.3 Å². The Hall–Kier alpha value is -1.47. The van der Waals surface area contributed by atoms with Crippen LogP contribution in [0.2, 0.25) is 5.02 Å². The van der Waals surface area contributed by atoms with Gasteiger partial charge in [-0.3, -0.25) is 0 Å². The summed E-state index contributed by atoms with van der Waals surface area (Å²) in [6, 6.07) is 16.1. The van der Waals surface area contributed by atoms with Crippen LogP contribution in [0.15, 0.2) is 48.5 Å². The Kier molecular flexibility index (Phi) is 2.77. The number of hydrogen-bond acceptors (Lipinski definition) is 1. The molecule has 0 bridgehead atoms. The maximum Gasteiger partial charge on any atom is 0.120 e. The van der Waals surface area contributed by atoms with Crippen LogP contribution >= 0.6 is 11.6 Å². The lowest BCUT2D eigenvalue weighted by molar-refractivity contribution is 0.275. The molecule has 3 rings (SSSR count). The van der Waals surface area contributed by atoms with Crippen molar-refractivity contribution < 1.29 is 4.74 Å². The van der Waals surface area contributed by atoms with Crippen LogP contribution in [0.25, 0.3) is 0 Å². The first-order chi connectivity index (χ1) is 8.33. The Labute approximate surface area is 106 Å². The maximum atomic E-state index is 5.91. The van der Waals surface area contributed by atoms with E-state index in [9.17, 15) is 0 Å². The van der Waals surface area contributed by atoms with Crippen LogP contribution in [-0.4, -0.2) is 6.61 Å². The summed E-state index contributed by atoms with van der Waals surface area (Å²) in [6.07, 6.45) is 1.12. The summed E-state index contributed by atoms with van der Waals surface area (Å²) in [5.41, 5.74) is 2.88. The highest BCUT2D eigenvalue weighted by Gasteiger charge is 2.25. The molecular weight excluding hydrogens is 232 g/mol. The Balaban J connectivity index is 1.64. The summed E-state index contributed by atoms with van der Waals surface area (Å²) >= 11 is 5.91. The van der Waals surface area contributed by atoms with Gasteiger partial charge in [-0.15, -0.1) is 0 Å². The van der Waals surface area contributed by atoms with Crippen molar-refractivity contribution in [3.8, 4) is 5.75 Å². The molecule has 0 N–H and O–H groups in total. The normalized spacial score (nSPS) is 17.1. The summed E-state index contributed by atoms with van der Waals surface area (Å²) in [5, 5.41) is 0.719. The first-order valence-corrected chi connectivity index (χ1v) is 6.17. The second kappa shape index (κ2) is 4.42. The minimum atomic E-state index is 0.533. The highest BCUT2D eigenvalue weighted by molar-refractivity contribution is 6.30. The number of halogens is 1. The van der Waals surface area contributed by atoms with E-state index in [0.29, 0.717) is 5.92 Å². The van der Waals surface area contributed by atoms with Crippen molar-refractivity contribution >= 4 is 11.6 Å². The van der Waals surface area contributed by atoms with Crippen molar-refractivity contribution in [3.63, 3.8) is 0 Å². The van der Waals surface area contributed by atoms with Crippen LogP contribution in [0, 0.1) is 0 Å². The van der Waals surface area contributed by atoms with Crippen molar-refractivity contribution in [2.75, 3.05) is 6.61 Å². The molecule has 2 aromatic carbocycles. The lowest BCUT2D eigenvalue weighted by atomic mass is 9.78. The molecule has 1 aliphatic carbocycles. The van der Waals surface area contributed by atoms with E-state index in [-0.39, 0.29) is 0 Å². The third-order valence-corrected chi connectivity index (χ3v) is 3.44. The second-order valence-electron chi connectivity index (χ2n) is 4.37. The minimum absolute atomic E-state index is 0.533. The number of ether oxygens (including phenoxy) is 1. The van der Waals surface area contributed by atoms with E-state index < -0.39 is 0 Å². The Morgan fingerprint density at radius 2 is 2.00 bits per heavy atom. The zero-order valence-electron chi connectivity index (χ0n) is 9.40. The van der Waals surface area contributed by atoms with Gasteiger partial charge in [-0.1, -0.05) is 41.9 Å². The standard InChI is InChI=1S/C15H13ClO/c16-13-5-3-6-14(9-13)17-10-12-8-11-4-1-2-7-15(11)12/h1-7,9,12H,8,10H2. The second-order valence-corrected chi connectivity index (χ2v) is 4.80. The first-order valence-electron chi connectivity index (χ1n) is 5.79. The SMILES string of the molecule is Clc1cccc(OCC2Cc3ccccc32)c1. The third kappa shape index (κ3) is 2.16. The topological polar surface area (TPSA) is 9.23 Å². The van der Waals surface area contributed by atoms with Crippen LogP contribution < -0.4 is 4.74 Å². The third-order valence-electron chi connectivity index (χ3n) is 3.21. The Bertz CT molecular complexity index is 536. The van der Waals surface area contributed by atoms with Crippen molar-refractivity contribution in [1.29, 1.82) is 0 Å². The molecule has 0 aromatic heterocycles. The van der Waals surface area contributed by atoms with Crippen molar-refractivity contribution in [2.45, 2.75) is 12.3 Å². The van der Waals surface area contributed by atoms with E-state index in [1.807, 2.05) is 24.3 Å². The van der Waals surface area contributed by atoms with Crippen LogP contribution in [0.1, 0.15) is 17.0 Å². The molecule has 0 saturated carbocycles. The van der Waals surface area contributed by atoms with Crippen LogP contribution in [0.4, 0.5) is 0 Å². The molecule has 0 fully saturated rings. The molecule has 1 aliphatic rings. The van der Waals surface area contributed by atoms with Gasteiger partial charge < -0.3 is 4.74 Å². The van der Waals surface area contributed by atoms with Gasteiger partial charge in [0.1, 0.15) is 5.75 Å². The average Bonchev–Trinajstić information content (AvgIpc) is 2.30. The van der Waals surface area contributed by atoms with Crippen molar-refractivity contribution in [3.05, 3.63) is 64.7 Å². The number of benzene rings is 2. The van der Waals surface area contributed by atoms with Gasteiger partial charge in [0.15, 0.2) is 0 Å². The molecule has 0 radical (unpaired) electrons. The van der Waals surface area contributed by atoms with E-state index in [1.54, 1.807) is 0 Å². The molecule has 0 amide bonds. The molecule has 1 nitrogen and oxygen atoms in total. The van der Waals surface area contributed by atoms with Gasteiger partial charge >= 0.3 is 0 Å². The Morgan fingerprint density at radius 1 is 1.12 bits per heavy atom. The lowest BCUT2D eigenvalue weighted by Gasteiger charge is -2.29. The highest BCUT2D eigenvalue weighted by atomic mass is 35.5. The minimum Gasteiger partial charge on any atom is -0.493 e. The number of hydrogen-bond donors (Lipinski definition) is 0. The van der Waals surface area contributed by atoms with Crippen molar-refractivity contribution in [1.82, 2.24) is 0 Å². The molecule has 2 aromatic rings. The van der Waals surface area contributed by atoms with Gasteiger partial charge in [-0.05, 0) is 35.7 Å². The number of fused-ring (bicyclic) bond motifs is 1. The molecular formula is C15H13ClO. The van der Waals surface area contributed by atoms with Gasteiger partial charge in [0.2, 0.25) is 0 Å². The Morgan fingerprint density at radius 3 is 2.82 bits per heavy atom. The van der Waals surface area contributed by atoms with Crippen LogP contribution in [0.5, 0.6) is 5.75 Å². The smallest absolute Gasteiger partial charge is 0.120 e. The van der Waals surface area contributed by atoms with Gasteiger partial charge in [0.25, 0.3) is 0 Å². The van der Waals surface area contributed by atoms with Gasteiger partial charge in [0.05, 0.1) is 6.61 Å². The molecule has 1 atom stereocenters. The summed E-state index contributed by atoms with van der Waals surface area (Å²) < 4.78 is 5.76. The fourth-order valence-corrected chi connectivity index (χ4v) is 2.45. The predicted molar refractivity (Wildman–Crippen MR) is 69.8 cm³/mol. The average molecular weight is 245 g/mol. The monoisotopic (exact) mass is 244 g/mol. The first kappa shape index (κ1) is 10.7.